The lowest BCUT2D eigenvalue weighted by atomic mass is 9.87. The summed E-state index contributed by atoms with van der Waals surface area (Å²) < 4.78 is 0. The molecule has 1 heterocycles. The zero-order valence-corrected chi connectivity index (χ0v) is 18.4. The van der Waals surface area contributed by atoms with Crippen molar-refractivity contribution in [2.24, 2.45) is 5.92 Å². The van der Waals surface area contributed by atoms with E-state index in [1.807, 2.05) is 11.8 Å². The molecule has 0 spiro atoms. The van der Waals surface area contributed by atoms with Crippen molar-refractivity contribution in [1.82, 2.24) is 5.32 Å². The Morgan fingerprint density at radius 1 is 0.897 bits per heavy atom. The summed E-state index contributed by atoms with van der Waals surface area (Å²) in [6, 6.07) is 17.6. The normalized spacial score (nSPS) is 17.3. The zero-order chi connectivity index (χ0) is 20.5. The Morgan fingerprint density at radius 2 is 1.45 bits per heavy atom. The molecule has 1 saturated heterocycles. The highest BCUT2D eigenvalue weighted by Gasteiger charge is 2.17. The van der Waals surface area contributed by atoms with Crippen LogP contribution >= 0.6 is 11.8 Å². The van der Waals surface area contributed by atoms with E-state index in [0.29, 0.717) is 11.7 Å². The lowest BCUT2D eigenvalue weighted by Crippen LogP contribution is -2.28. The minimum Gasteiger partial charge on any atom is -0.317 e. The Labute approximate surface area is 180 Å². The SMILES string of the molecule is C=C(c1ccc(Sc2ccc(C)cc2)cc1)C1CCNCC1.O=C1CCCCC1. The monoisotopic (exact) mass is 407 g/mol. The Morgan fingerprint density at radius 3 is 1.97 bits per heavy atom. The number of nitrogens with one attached hydrogen (secondary N) is 1. The molecule has 0 radical (unpaired) electrons. The smallest absolute Gasteiger partial charge is 0.132 e. The highest BCUT2D eigenvalue weighted by Crippen LogP contribution is 2.32. The van der Waals surface area contributed by atoms with Gasteiger partial charge in [0, 0.05) is 22.6 Å². The van der Waals surface area contributed by atoms with E-state index in [0.717, 1.165) is 38.8 Å². The molecule has 2 aromatic rings. The summed E-state index contributed by atoms with van der Waals surface area (Å²) in [7, 11) is 0. The van der Waals surface area contributed by atoms with Crippen LogP contribution in [-0.4, -0.2) is 18.9 Å². The number of aryl methyl sites for hydroxylation is 1. The largest absolute Gasteiger partial charge is 0.317 e. The number of ketones is 1. The fourth-order valence-electron chi connectivity index (χ4n) is 3.83. The number of rotatable bonds is 4. The summed E-state index contributed by atoms with van der Waals surface area (Å²) in [6.45, 7) is 8.69. The van der Waals surface area contributed by atoms with Crippen LogP contribution in [0.3, 0.4) is 0 Å². The second-order valence-corrected chi connectivity index (χ2v) is 9.24. The van der Waals surface area contributed by atoms with Gasteiger partial charge in [-0.15, -0.1) is 0 Å². The van der Waals surface area contributed by atoms with Gasteiger partial charge in [0.25, 0.3) is 0 Å². The van der Waals surface area contributed by atoms with Crippen LogP contribution in [0.25, 0.3) is 5.57 Å². The van der Waals surface area contributed by atoms with E-state index in [1.165, 1.54) is 45.8 Å². The summed E-state index contributed by atoms with van der Waals surface area (Å²) in [5.74, 6) is 1.10. The van der Waals surface area contributed by atoms with Gasteiger partial charge in [-0.3, -0.25) is 4.79 Å². The first-order valence-electron chi connectivity index (χ1n) is 10.9. The molecule has 3 heteroatoms. The summed E-state index contributed by atoms with van der Waals surface area (Å²) in [5, 5.41) is 3.42. The number of piperidine rings is 1. The molecule has 0 amide bonds. The lowest BCUT2D eigenvalue weighted by molar-refractivity contribution is -0.120. The van der Waals surface area contributed by atoms with Crippen molar-refractivity contribution in [2.75, 3.05) is 13.1 Å². The van der Waals surface area contributed by atoms with E-state index in [-0.39, 0.29) is 0 Å². The van der Waals surface area contributed by atoms with E-state index in [1.54, 1.807) is 0 Å². The molecule has 0 atom stereocenters. The fraction of sp³-hybridized carbons (Fsp3) is 0.423. The summed E-state index contributed by atoms with van der Waals surface area (Å²) >= 11 is 1.81. The van der Waals surface area contributed by atoms with E-state index in [9.17, 15) is 4.79 Å². The molecular weight excluding hydrogens is 374 g/mol. The maximum atomic E-state index is 10.5. The quantitative estimate of drug-likeness (QED) is 0.613. The zero-order valence-electron chi connectivity index (χ0n) is 17.6. The Balaban J connectivity index is 0.000000290. The van der Waals surface area contributed by atoms with Crippen molar-refractivity contribution in [3.63, 3.8) is 0 Å². The second-order valence-electron chi connectivity index (χ2n) is 8.09. The molecule has 0 bridgehead atoms. The molecule has 2 aliphatic rings. The highest BCUT2D eigenvalue weighted by molar-refractivity contribution is 7.99. The number of benzene rings is 2. The Bertz CT molecular complexity index is 780. The summed E-state index contributed by atoms with van der Waals surface area (Å²) in [6.07, 6.45) is 7.65. The maximum absolute atomic E-state index is 10.5. The number of hydrogen-bond acceptors (Lipinski definition) is 3. The van der Waals surface area contributed by atoms with Gasteiger partial charge in [-0.25, -0.2) is 0 Å². The van der Waals surface area contributed by atoms with Crippen molar-refractivity contribution < 1.29 is 4.79 Å². The molecule has 1 N–H and O–H groups in total. The van der Waals surface area contributed by atoms with E-state index in [2.05, 4.69) is 67.4 Å². The van der Waals surface area contributed by atoms with Crippen LogP contribution in [0, 0.1) is 12.8 Å². The van der Waals surface area contributed by atoms with Crippen LogP contribution in [0.5, 0.6) is 0 Å². The second kappa shape index (κ2) is 11.4. The Kier molecular flexibility index (Phi) is 8.57. The van der Waals surface area contributed by atoms with Gasteiger partial charge in [0.2, 0.25) is 0 Å². The Hall–Kier alpha value is -1.84. The molecule has 0 unspecified atom stereocenters. The van der Waals surface area contributed by atoms with Gasteiger partial charge in [0.1, 0.15) is 5.78 Å². The van der Waals surface area contributed by atoms with E-state index < -0.39 is 0 Å². The molecule has 1 aliphatic carbocycles. The van der Waals surface area contributed by atoms with Crippen molar-refractivity contribution >= 4 is 23.1 Å². The number of allylic oxidation sites excluding steroid dienone is 1. The molecule has 2 nitrogen and oxygen atoms in total. The molecule has 2 aromatic carbocycles. The first kappa shape index (κ1) is 21.9. The van der Waals surface area contributed by atoms with Crippen molar-refractivity contribution in [1.29, 1.82) is 0 Å². The number of Topliss-reactive ketones (excluding diaryl/α,β-unsaturated/α-hetero) is 1. The third-order valence-corrected chi connectivity index (χ3v) is 6.74. The van der Waals surface area contributed by atoms with Crippen LogP contribution < -0.4 is 5.32 Å². The summed E-state index contributed by atoms with van der Waals surface area (Å²) in [5.41, 5.74) is 3.89. The van der Waals surface area contributed by atoms with E-state index >= 15 is 0 Å². The van der Waals surface area contributed by atoms with Gasteiger partial charge >= 0.3 is 0 Å². The van der Waals surface area contributed by atoms with E-state index in [4.69, 9.17) is 0 Å². The van der Waals surface area contributed by atoms with Crippen LogP contribution in [-0.2, 0) is 4.79 Å². The fourth-order valence-corrected chi connectivity index (χ4v) is 4.65. The molecule has 2 fully saturated rings. The van der Waals surface area contributed by atoms with Crippen LogP contribution in [0.15, 0.2) is 64.9 Å². The standard InChI is InChI=1S/C20H23NS.C6H10O/c1-15-3-7-19(8-4-15)22-20-9-5-17(6-10-20)16(2)18-11-13-21-14-12-18;7-6-4-2-1-3-5-6/h3-10,18,21H,2,11-14H2,1H3;1-5H2. The number of carbonyl (C=O) groups is 1. The molecular formula is C26H33NOS. The van der Waals surface area contributed by atoms with Gasteiger partial charge in [0.05, 0.1) is 0 Å². The first-order chi connectivity index (χ1) is 14.1. The van der Waals surface area contributed by atoms with Gasteiger partial charge in [-0.1, -0.05) is 54.6 Å². The average molecular weight is 408 g/mol. The van der Waals surface area contributed by atoms with Crippen LogP contribution in [0.2, 0.25) is 0 Å². The summed E-state index contributed by atoms with van der Waals surface area (Å²) in [4.78, 5) is 13.0. The third kappa shape index (κ3) is 7.17. The predicted molar refractivity (Wildman–Crippen MR) is 124 cm³/mol. The van der Waals surface area contributed by atoms with Gasteiger partial charge < -0.3 is 5.32 Å². The van der Waals surface area contributed by atoms with Crippen molar-refractivity contribution in [3.8, 4) is 0 Å². The number of hydrogen-bond donors (Lipinski definition) is 1. The maximum Gasteiger partial charge on any atom is 0.132 e. The first-order valence-corrected chi connectivity index (χ1v) is 11.7. The molecule has 29 heavy (non-hydrogen) atoms. The molecule has 4 rings (SSSR count). The topological polar surface area (TPSA) is 29.1 Å². The predicted octanol–water partition coefficient (Wildman–Crippen LogP) is 6.68. The minimum atomic E-state index is 0.464. The van der Waals surface area contributed by atoms with Crippen molar-refractivity contribution in [3.05, 3.63) is 66.2 Å². The lowest BCUT2D eigenvalue weighted by Gasteiger charge is -2.24. The molecule has 1 aliphatic heterocycles. The molecule has 1 saturated carbocycles. The number of carbonyl (C=O) groups excluding carboxylic acids is 1. The average Bonchev–Trinajstić information content (AvgIpc) is 2.77. The third-order valence-electron chi connectivity index (χ3n) is 5.72. The molecule has 154 valence electrons. The highest BCUT2D eigenvalue weighted by atomic mass is 32.2. The van der Waals surface area contributed by atoms with Gasteiger partial charge in [0.15, 0.2) is 0 Å². The van der Waals surface area contributed by atoms with Crippen LogP contribution in [0.1, 0.15) is 56.1 Å². The molecule has 0 aromatic heterocycles. The van der Waals surface area contributed by atoms with Gasteiger partial charge in [-0.05, 0) is 87.0 Å². The van der Waals surface area contributed by atoms with Gasteiger partial charge in [-0.2, -0.15) is 0 Å². The van der Waals surface area contributed by atoms with Crippen molar-refractivity contribution in [2.45, 2.75) is 61.7 Å². The van der Waals surface area contributed by atoms with Crippen LogP contribution in [0.4, 0.5) is 0 Å². The minimum absolute atomic E-state index is 0.464.